The molecule has 0 unspecified atom stereocenters. The molecular formula is C21H25N3O3S. The fourth-order valence-corrected chi connectivity index (χ4v) is 5.82. The Morgan fingerprint density at radius 2 is 1.89 bits per heavy atom. The van der Waals surface area contributed by atoms with Gasteiger partial charge in [0.25, 0.3) is 0 Å². The molecule has 1 spiro atoms. The number of aryl methyl sites for hydroxylation is 1. The first kappa shape index (κ1) is 19.1. The fraction of sp³-hybridized carbons (Fsp3) is 0.429. The number of nitrogens with zero attached hydrogens (tertiary/aromatic N) is 3. The summed E-state index contributed by atoms with van der Waals surface area (Å²) in [5, 5.41) is 0. The molecule has 3 heterocycles. The fourth-order valence-electron chi connectivity index (χ4n) is 4.29. The molecule has 0 N–H and O–H groups in total. The molecule has 2 fully saturated rings. The topological polar surface area (TPSA) is 70.6 Å². The van der Waals surface area contributed by atoms with Crippen LogP contribution >= 0.6 is 0 Å². The summed E-state index contributed by atoms with van der Waals surface area (Å²) in [5.41, 5.74) is 1.42. The summed E-state index contributed by atoms with van der Waals surface area (Å²) in [4.78, 5) is 19.6. The SMILES string of the molecule is Cc1ccc(S(=O)(=O)N2CC[C@]3(CCCN(Cc4cccnc4)C3=O)C2)cc1. The molecule has 7 heteroatoms. The molecule has 0 aliphatic carbocycles. The van der Waals surface area contributed by atoms with E-state index in [0.29, 0.717) is 31.0 Å². The molecule has 1 aromatic carbocycles. The van der Waals surface area contributed by atoms with Gasteiger partial charge in [0, 0.05) is 38.6 Å². The van der Waals surface area contributed by atoms with Crippen LogP contribution in [0.3, 0.4) is 0 Å². The summed E-state index contributed by atoms with van der Waals surface area (Å²) in [6.07, 6.45) is 5.71. The van der Waals surface area contributed by atoms with Crippen molar-refractivity contribution in [2.45, 2.75) is 37.6 Å². The summed E-state index contributed by atoms with van der Waals surface area (Å²) < 4.78 is 27.6. The van der Waals surface area contributed by atoms with Crippen molar-refractivity contribution >= 4 is 15.9 Å². The Balaban J connectivity index is 1.53. The first-order valence-corrected chi connectivity index (χ1v) is 11.1. The van der Waals surface area contributed by atoms with E-state index in [4.69, 9.17) is 0 Å². The standard InChI is InChI=1S/C21H25N3O3S/c1-17-5-7-19(8-6-17)28(26,27)24-13-10-21(16-24)9-3-12-23(20(21)25)15-18-4-2-11-22-14-18/h2,4-8,11,14H,3,9-10,12-13,15-16H2,1H3/t21-/m1/s1. The quantitative estimate of drug-likeness (QED) is 0.792. The van der Waals surface area contributed by atoms with Crippen LogP contribution in [-0.4, -0.2) is 48.1 Å². The minimum absolute atomic E-state index is 0.0733. The maximum absolute atomic E-state index is 13.3. The highest BCUT2D eigenvalue weighted by Gasteiger charge is 2.50. The van der Waals surface area contributed by atoms with Gasteiger partial charge in [0.05, 0.1) is 10.3 Å². The van der Waals surface area contributed by atoms with Crippen molar-refractivity contribution in [3.63, 3.8) is 0 Å². The second-order valence-corrected chi connectivity index (χ2v) is 9.81. The zero-order valence-electron chi connectivity index (χ0n) is 16.0. The zero-order valence-corrected chi connectivity index (χ0v) is 16.9. The number of carbonyl (C=O) groups is 1. The van der Waals surface area contributed by atoms with Gasteiger partial charge in [-0.25, -0.2) is 8.42 Å². The predicted molar refractivity (Wildman–Crippen MR) is 106 cm³/mol. The summed E-state index contributed by atoms with van der Waals surface area (Å²) in [5.74, 6) is 0.0733. The van der Waals surface area contributed by atoms with E-state index >= 15 is 0 Å². The second kappa shape index (κ2) is 7.29. The van der Waals surface area contributed by atoms with Crippen LogP contribution in [0.2, 0.25) is 0 Å². The molecule has 28 heavy (non-hydrogen) atoms. The van der Waals surface area contributed by atoms with Crippen molar-refractivity contribution in [1.29, 1.82) is 0 Å². The highest BCUT2D eigenvalue weighted by Crippen LogP contribution is 2.42. The average molecular weight is 400 g/mol. The summed E-state index contributed by atoms with van der Waals surface area (Å²) in [7, 11) is -3.58. The van der Waals surface area contributed by atoms with Gasteiger partial charge in [-0.3, -0.25) is 9.78 Å². The third kappa shape index (κ3) is 3.44. The average Bonchev–Trinajstić information content (AvgIpc) is 3.13. The first-order valence-electron chi connectivity index (χ1n) is 9.66. The zero-order chi connectivity index (χ0) is 19.8. The van der Waals surface area contributed by atoms with Crippen molar-refractivity contribution < 1.29 is 13.2 Å². The van der Waals surface area contributed by atoms with Gasteiger partial charge in [-0.1, -0.05) is 23.8 Å². The third-order valence-electron chi connectivity index (χ3n) is 5.90. The van der Waals surface area contributed by atoms with Crippen LogP contribution in [0.1, 0.15) is 30.4 Å². The molecule has 1 atom stereocenters. The molecule has 2 saturated heterocycles. The van der Waals surface area contributed by atoms with Crippen LogP contribution in [0, 0.1) is 12.3 Å². The van der Waals surface area contributed by atoms with Crippen molar-refractivity contribution in [3.8, 4) is 0 Å². The minimum Gasteiger partial charge on any atom is -0.338 e. The van der Waals surface area contributed by atoms with Crippen LogP contribution in [-0.2, 0) is 21.4 Å². The van der Waals surface area contributed by atoms with Crippen molar-refractivity contribution in [2.75, 3.05) is 19.6 Å². The molecule has 148 valence electrons. The van der Waals surface area contributed by atoms with Gasteiger partial charge >= 0.3 is 0 Å². The highest BCUT2D eigenvalue weighted by atomic mass is 32.2. The largest absolute Gasteiger partial charge is 0.338 e. The maximum atomic E-state index is 13.3. The number of aromatic nitrogens is 1. The van der Waals surface area contributed by atoms with Gasteiger partial charge in [0.1, 0.15) is 0 Å². The van der Waals surface area contributed by atoms with Crippen LogP contribution in [0.4, 0.5) is 0 Å². The van der Waals surface area contributed by atoms with Crippen molar-refractivity contribution in [1.82, 2.24) is 14.2 Å². The highest BCUT2D eigenvalue weighted by molar-refractivity contribution is 7.89. The Morgan fingerprint density at radius 1 is 1.11 bits per heavy atom. The number of amides is 1. The van der Waals surface area contributed by atoms with E-state index in [0.717, 1.165) is 24.0 Å². The maximum Gasteiger partial charge on any atom is 0.243 e. The lowest BCUT2D eigenvalue weighted by atomic mass is 9.78. The summed E-state index contributed by atoms with van der Waals surface area (Å²) >= 11 is 0. The van der Waals surface area contributed by atoms with E-state index in [1.165, 1.54) is 4.31 Å². The number of pyridine rings is 1. The smallest absolute Gasteiger partial charge is 0.243 e. The van der Waals surface area contributed by atoms with Gasteiger partial charge < -0.3 is 4.90 Å². The summed E-state index contributed by atoms with van der Waals surface area (Å²) in [6.45, 7) is 3.83. The third-order valence-corrected chi connectivity index (χ3v) is 7.76. The monoisotopic (exact) mass is 399 g/mol. The Bertz CT molecular complexity index is 960. The first-order chi connectivity index (χ1) is 13.4. The number of hydrogen-bond acceptors (Lipinski definition) is 4. The van der Waals surface area contributed by atoms with E-state index in [1.807, 2.05) is 24.0 Å². The van der Waals surface area contributed by atoms with Crippen molar-refractivity contribution in [2.24, 2.45) is 5.41 Å². The van der Waals surface area contributed by atoms with Gasteiger partial charge in [0.2, 0.25) is 15.9 Å². The van der Waals surface area contributed by atoms with Gasteiger partial charge in [-0.05, 0) is 49.9 Å². The molecule has 1 amide bonds. The molecule has 2 aliphatic heterocycles. The van der Waals surface area contributed by atoms with E-state index in [1.54, 1.807) is 36.7 Å². The minimum atomic E-state index is -3.58. The number of sulfonamides is 1. The number of likely N-dealkylation sites (tertiary alicyclic amines) is 1. The summed E-state index contributed by atoms with van der Waals surface area (Å²) in [6, 6.07) is 10.7. The van der Waals surface area contributed by atoms with E-state index in [9.17, 15) is 13.2 Å². The van der Waals surface area contributed by atoms with Crippen LogP contribution in [0.25, 0.3) is 0 Å². The number of rotatable bonds is 4. The second-order valence-electron chi connectivity index (χ2n) is 7.87. The lowest BCUT2D eigenvalue weighted by molar-refractivity contribution is -0.146. The number of hydrogen-bond donors (Lipinski definition) is 0. The Hall–Kier alpha value is -2.25. The predicted octanol–water partition coefficient (Wildman–Crippen LogP) is 2.59. The Labute approximate surface area is 166 Å². The van der Waals surface area contributed by atoms with Gasteiger partial charge in [-0.2, -0.15) is 4.31 Å². The number of benzene rings is 1. The van der Waals surface area contributed by atoms with Crippen LogP contribution < -0.4 is 0 Å². The van der Waals surface area contributed by atoms with E-state index in [-0.39, 0.29) is 12.5 Å². The molecule has 0 radical (unpaired) electrons. The molecule has 6 nitrogen and oxygen atoms in total. The van der Waals surface area contributed by atoms with E-state index in [2.05, 4.69) is 4.98 Å². The van der Waals surface area contributed by atoms with Gasteiger partial charge in [-0.15, -0.1) is 0 Å². The van der Waals surface area contributed by atoms with Crippen LogP contribution in [0.5, 0.6) is 0 Å². The number of piperidine rings is 1. The van der Waals surface area contributed by atoms with Crippen LogP contribution in [0.15, 0.2) is 53.7 Å². The lowest BCUT2D eigenvalue weighted by Crippen LogP contribution is -2.50. The molecule has 2 aliphatic rings. The molecule has 0 saturated carbocycles. The lowest BCUT2D eigenvalue weighted by Gasteiger charge is -2.39. The van der Waals surface area contributed by atoms with E-state index < -0.39 is 15.4 Å². The molecule has 2 aromatic rings. The van der Waals surface area contributed by atoms with Gasteiger partial charge in [0.15, 0.2) is 0 Å². The molecular weight excluding hydrogens is 374 g/mol. The Morgan fingerprint density at radius 3 is 2.61 bits per heavy atom. The molecule has 4 rings (SSSR count). The van der Waals surface area contributed by atoms with Crippen molar-refractivity contribution in [3.05, 3.63) is 59.9 Å². The molecule has 1 aromatic heterocycles. The molecule has 0 bridgehead atoms. The number of carbonyl (C=O) groups excluding carboxylic acids is 1. The normalized spacial score (nSPS) is 23.5. The Kier molecular flexibility index (Phi) is 4.97.